The lowest BCUT2D eigenvalue weighted by Gasteiger charge is -2.31. The maximum Gasteiger partial charge on any atom is 0.490 e. The molecule has 0 aromatic heterocycles. The zero-order chi connectivity index (χ0) is 57.6. The van der Waals surface area contributed by atoms with E-state index in [0.717, 1.165) is 21.6 Å². The molecule has 9 atom stereocenters. The number of hydrogen-bond donors (Lipinski definition) is 13. The minimum absolute atomic E-state index is 0.0468. The molecule has 1 aromatic carbocycles. The quantitative estimate of drug-likeness (QED) is 0.0693. The van der Waals surface area contributed by atoms with Crippen molar-refractivity contribution in [1.29, 1.82) is 0 Å². The summed E-state index contributed by atoms with van der Waals surface area (Å²) >= 11 is 0. The Morgan fingerprint density at radius 1 is 0.789 bits per heavy atom. The molecule has 2 heterocycles. The Morgan fingerprint density at radius 3 is 1.91 bits per heavy atom. The molecule has 0 saturated carbocycles. The van der Waals surface area contributed by atoms with Gasteiger partial charge in [0, 0.05) is 30.9 Å². The number of nitrogens with one attached hydrogen (secondary N) is 7. The van der Waals surface area contributed by atoms with Crippen molar-refractivity contribution in [3.8, 4) is 5.75 Å². The number of carboxylic acids is 1. The molecule has 0 radical (unpaired) electrons. The fraction of sp³-hybridized carbons (Fsp3) is 0.600. The van der Waals surface area contributed by atoms with Crippen LogP contribution < -0.4 is 60.2 Å². The molecule has 26 nitrogen and oxygen atoms in total. The Balaban J connectivity index is 0.00000263. The molecule has 1 aromatic rings. The van der Waals surface area contributed by atoms with Gasteiger partial charge in [-0.3, -0.25) is 52.7 Å². The number of amides is 11. The zero-order valence-electron chi connectivity index (χ0n) is 42.1. The third kappa shape index (κ3) is 22.5. The van der Waals surface area contributed by atoms with Crippen molar-refractivity contribution >= 4 is 92.5 Å². The van der Waals surface area contributed by atoms with Crippen LogP contribution >= 0.6 is 21.6 Å². The number of carboxylic acid groups (broad SMARTS) is 1. The van der Waals surface area contributed by atoms with Gasteiger partial charge < -0.3 is 75.3 Å². The number of carbonyl (C=O) groups excluding carboxylic acids is 11. The molecular formula is C45H67F3N12O14S2. The van der Waals surface area contributed by atoms with Crippen LogP contribution in [0.2, 0.25) is 0 Å². The number of rotatable bonds is 17. The van der Waals surface area contributed by atoms with Gasteiger partial charge >= 0.3 is 12.1 Å². The Kier molecular flexibility index (Phi) is 26.8. The Labute approximate surface area is 442 Å². The van der Waals surface area contributed by atoms with Gasteiger partial charge in [0.2, 0.25) is 65.0 Å². The van der Waals surface area contributed by atoms with Gasteiger partial charge in [-0.2, -0.15) is 13.2 Å². The number of aliphatic carboxylic acids is 1. The minimum atomic E-state index is -5.08. The number of aromatic hydroxyl groups is 1. The number of likely N-dealkylation sites (tertiary alicyclic amines) is 1. The number of primary amides is 3. The Morgan fingerprint density at radius 2 is 1.36 bits per heavy atom. The highest BCUT2D eigenvalue weighted by Crippen LogP contribution is 2.26. The first-order chi connectivity index (χ1) is 35.4. The molecule has 0 unspecified atom stereocenters. The van der Waals surface area contributed by atoms with Crippen LogP contribution in [0.4, 0.5) is 13.2 Å². The first-order valence-corrected chi connectivity index (χ1v) is 26.3. The third-order valence-electron chi connectivity index (χ3n) is 11.5. The maximum atomic E-state index is 14.5. The molecule has 76 heavy (non-hydrogen) atoms. The second-order valence-electron chi connectivity index (χ2n) is 18.2. The van der Waals surface area contributed by atoms with Crippen LogP contribution in [0.25, 0.3) is 0 Å². The van der Waals surface area contributed by atoms with Crippen LogP contribution in [0.1, 0.15) is 78.2 Å². The molecule has 424 valence electrons. The van der Waals surface area contributed by atoms with E-state index in [9.17, 15) is 71.0 Å². The molecule has 2 saturated heterocycles. The lowest BCUT2D eigenvalue weighted by Crippen LogP contribution is -2.61. The van der Waals surface area contributed by atoms with E-state index in [1.165, 1.54) is 29.2 Å². The topological polar surface area (TPSA) is 437 Å². The highest BCUT2D eigenvalue weighted by atomic mass is 33.1. The molecular weight excluding hydrogens is 1050 g/mol. The van der Waals surface area contributed by atoms with E-state index in [1.54, 1.807) is 13.8 Å². The van der Waals surface area contributed by atoms with Crippen LogP contribution in [-0.2, 0) is 64.0 Å². The number of nitrogens with two attached hydrogens (primary N) is 4. The zero-order valence-corrected chi connectivity index (χ0v) is 43.7. The first kappa shape index (κ1) is 65.2. The summed E-state index contributed by atoms with van der Waals surface area (Å²) in [4.78, 5) is 157. The molecule has 0 spiro atoms. The Bertz CT molecular complexity index is 2270. The second kappa shape index (κ2) is 31.2. The lowest BCUT2D eigenvalue weighted by molar-refractivity contribution is -0.192. The smallest absolute Gasteiger partial charge is 0.490 e. The molecule has 0 aliphatic carbocycles. The van der Waals surface area contributed by atoms with E-state index >= 15 is 0 Å². The van der Waals surface area contributed by atoms with E-state index in [0.29, 0.717) is 18.4 Å². The molecule has 2 fully saturated rings. The highest BCUT2D eigenvalue weighted by molar-refractivity contribution is 8.76. The van der Waals surface area contributed by atoms with Gasteiger partial charge in [-0.1, -0.05) is 67.8 Å². The Hall–Kier alpha value is -6.89. The van der Waals surface area contributed by atoms with E-state index in [2.05, 4.69) is 37.2 Å². The van der Waals surface area contributed by atoms with Crippen molar-refractivity contribution in [2.45, 2.75) is 134 Å². The van der Waals surface area contributed by atoms with Gasteiger partial charge in [0.05, 0.1) is 19.0 Å². The number of nitrogens with zero attached hydrogens (tertiary/aromatic N) is 1. The van der Waals surface area contributed by atoms with Gasteiger partial charge in [0.1, 0.15) is 48.0 Å². The van der Waals surface area contributed by atoms with Gasteiger partial charge in [0.25, 0.3) is 0 Å². The lowest BCUT2D eigenvalue weighted by atomic mass is 9.96. The SMILES string of the molecule is CC[C@H](C)[C@@H]1NC(=O)[C@H](Cc2ccc(O)cc2)NC(=O)[C@@H](N)CSSC[C@@H](C(=O)N2CCC[C@H]2C(=O)N[C@@H](CC(C)C)C(=O)NCC(N)=O)NC(=O)[C@H](CC(N)=O)NC(=O)[C@H](CCC(N)=O)NC1=O.O=C(O)C(F)(F)F. The van der Waals surface area contributed by atoms with Crippen LogP contribution in [0.3, 0.4) is 0 Å². The van der Waals surface area contributed by atoms with Crippen LogP contribution in [0, 0.1) is 11.8 Å². The van der Waals surface area contributed by atoms with Crippen LogP contribution in [0.15, 0.2) is 24.3 Å². The summed E-state index contributed by atoms with van der Waals surface area (Å²) in [7, 11) is 2.05. The van der Waals surface area contributed by atoms with Crippen molar-refractivity contribution < 1.29 is 80.9 Å². The number of phenolic OH excluding ortho intramolecular Hbond substituents is 1. The largest absolute Gasteiger partial charge is 0.508 e. The summed E-state index contributed by atoms with van der Waals surface area (Å²) in [5.41, 5.74) is 22.9. The summed E-state index contributed by atoms with van der Waals surface area (Å²) in [5.74, 6) is -13.1. The standard InChI is InChI=1S/C43H66N12O12S2.C2HF3O2/c1-5-22(4)35-42(66)49-26(12-13-32(45)57)38(62)51-29(17-33(46)58)39(63)53-30(20-69-68-19-25(44)36(60)50-28(40(64)54-35)16-23-8-10-24(56)11-9-23)43(67)55-14-6-7-31(55)41(65)52-27(15-21(2)3)37(61)48-18-34(47)59;3-2(4,5)1(6)7/h8-11,21-22,25-31,35,56H,5-7,12-20,44H2,1-4H3,(H2,45,57)(H2,46,58)(H2,47,59)(H,48,61)(H,49,66)(H,50,60)(H,51,62)(H,52,65)(H,53,63)(H,54,64);(H,6,7)/t22-,25-,26-,27-,28-,29-,30-,31-,35-;/m0./s1. The average molecular weight is 1120 g/mol. The first-order valence-electron chi connectivity index (χ1n) is 23.8. The molecule has 0 bridgehead atoms. The summed E-state index contributed by atoms with van der Waals surface area (Å²) < 4.78 is 31.7. The minimum Gasteiger partial charge on any atom is -0.508 e. The van der Waals surface area contributed by atoms with Crippen molar-refractivity contribution in [2.24, 2.45) is 34.8 Å². The normalized spacial score (nSPS) is 23.1. The van der Waals surface area contributed by atoms with E-state index in [1.807, 2.05) is 13.8 Å². The van der Waals surface area contributed by atoms with Gasteiger partial charge in [-0.05, 0) is 55.2 Å². The number of alkyl halides is 3. The van der Waals surface area contributed by atoms with Crippen LogP contribution in [-0.4, -0.2) is 165 Å². The average Bonchev–Trinajstić information content (AvgIpc) is 3.83. The fourth-order valence-corrected chi connectivity index (χ4v) is 9.62. The molecule has 31 heteroatoms. The molecule has 17 N–H and O–H groups in total. The molecule has 3 rings (SSSR count). The van der Waals surface area contributed by atoms with Gasteiger partial charge in [-0.25, -0.2) is 4.79 Å². The van der Waals surface area contributed by atoms with E-state index in [-0.39, 0.29) is 49.0 Å². The molecule has 2 aliphatic rings. The van der Waals surface area contributed by atoms with Gasteiger partial charge in [-0.15, -0.1) is 0 Å². The van der Waals surface area contributed by atoms with E-state index < -0.39 is 157 Å². The summed E-state index contributed by atoms with van der Waals surface area (Å²) in [6.45, 7) is 6.60. The molecule has 11 amide bonds. The van der Waals surface area contributed by atoms with Crippen LogP contribution in [0.5, 0.6) is 5.75 Å². The highest BCUT2D eigenvalue weighted by Gasteiger charge is 2.41. The number of halogens is 3. The molecule has 2 aliphatic heterocycles. The third-order valence-corrected chi connectivity index (χ3v) is 14.0. The van der Waals surface area contributed by atoms with Crippen molar-refractivity contribution in [1.82, 2.24) is 42.1 Å². The number of benzene rings is 1. The monoisotopic (exact) mass is 1120 g/mol. The summed E-state index contributed by atoms with van der Waals surface area (Å²) in [6.07, 6.45) is -5.78. The number of carbonyl (C=O) groups is 12. The van der Waals surface area contributed by atoms with E-state index in [4.69, 9.17) is 32.8 Å². The number of hydrogen-bond acceptors (Lipinski definition) is 16. The van der Waals surface area contributed by atoms with Gasteiger partial charge in [0.15, 0.2) is 0 Å². The second-order valence-corrected chi connectivity index (χ2v) is 20.8. The fourth-order valence-electron chi connectivity index (χ4n) is 7.34. The van der Waals surface area contributed by atoms with Crippen molar-refractivity contribution in [3.05, 3.63) is 29.8 Å². The predicted octanol–water partition coefficient (Wildman–Crippen LogP) is -2.98. The number of phenols is 1. The predicted molar refractivity (Wildman–Crippen MR) is 268 cm³/mol. The maximum absolute atomic E-state index is 14.5. The summed E-state index contributed by atoms with van der Waals surface area (Å²) in [5, 5.41) is 34.8. The van der Waals surface area contributed by atoms with Crippen molar-refractivity contribution in [2.75, 3.05) is 24.6 Å². The van der Waals surface area contributed by atoms with Crippen molar-refractivity contribution in [3.63, 3.8) is 0 Å². The summed E-state index contributed by atoms with van der Waals surface area (Å²) in [6, 6.07) is -5.05.